The number of aliphatic hydroxyl groups is 1. The number of hydrogen-bond acceptors (Lipinski definition) is 3. The number of ether oxygens (including phenoxy) is 1. The molecule has 3 aliphatic rings. The van der Waals surface area contributed by atoms with Gasteiger partial charge in [0.2, 0.25) is 0 Å². The molecule has 3 nitrogen and oxygen atoms in total. The van der Waals surface area contributed by atoms with Crippen LogP contribution in [-0.4, -0.2) is 23.3 Å². The molecule has 104 valence electrons. The normalized spacial score (nSPS) is 40.9. The van der Waals surface area contributed by atoms with Crippen molar-refractivity contribution in [3.05, 3.63) is 48.0 Å². The average molecular weight is 270 g/mol. The van der Waals surface area contributed by atoms with Gasteiger partial charge in [-0.2, -0.15) is 0 Å². The van der Waals surface area contributed by atoms with E-state index in [2.05, 4.69) is 12.2 Å². The van der Waals surface area contributed by atoms with E-state index in [1.165, 1.54) is 0 Å². The molecule has 1 aromatic carbocycles. The SMILES string of the molecule is O=C(O[C@@H]1C[C@@H](O)[C@@H]2[C@H]1[C@@H]1C=C[C@H]2C1)c1ccccc1. The monoisotopic (exact) mass is 270 g/mol. The first-order chi connectivity index (χ1) is 9.74. The molecule has 0 radical (unpaired) electrons. The van der Waals surface area contributed by atoms with Gasteiger partial charge < -0.3 is 9.84 Å². The maximum atomic E-state index is 12.2. The molecule has 1 aromatic rings. The maximum Gasteiger partial charge on any atom is 0.338 e. The topological polar surface area (TPSA) is 46.5 Å². The number of fused-ring (bicyclic) bond motifs is 5. The summed E-state index contributed by atoms with van der Waals surface area (Å²) in [5, 5.41) is 10.3. The molecule has 2 fully saturated rings. The molecule has 0 saturated heterocycles. The van der Waals surface area contributed by atoms with E-state index in [1.54, 1.807) is 12.1 Å². The Kier molecular flexibility index (Phi) is 2.71. The molecule has 0 amide bonds. The zero-order valence-corrected chi connectivity index (χ0v) is 11.2. The summed E-state index contributed by atoms with van der Waals surface area (Å²) in [6.07, 6.45) is 5.72. The number of hydrogen-bond donors (Lipinski definition) is 1. The fourth-order valence-corrected chi connectivity index (χ4v) is 4.42. The molecule has 2 bridgehead atoms. The minimum Gasteiger partial charge on any atom is -0.458 e. The quantitative estimate of drug-likeness (QED) is 0.663. The number of benzene rings is 1. The highest BCUT2D eigenvalue weighted by Crippen LogP contribution is 2.56. The van der Waals surface area contributed by atoms with Gasteiger partial charge in [-0.05, 0) is 36.3 Å². The van der Waals surface area contributed by atoms with Crippen LogP contribution in [0.4, 0.5) is 0 Å². The Balaban J connectivity index is 1.53. The van der Waals surface area contributed by atoms with Crippen LogP contribution in [0.15, 0.2) is 42.5 Å². The number of allylic oxidation sites excluding steroid dienone is 2. The van der Waals surface area contributed by atoms with Gasteiger partial charge in [-0.3, -0.25) is 0 Å². The average Bonchev–Trinajstić information content (AvgIpc) is 3.14. The van der Waals surface area contributed by atoms with E-state index in [0.717, 1.165) is 6.42 Å². The summed E-state index contributed by atoms with van der Waals surface area (Å²) >= 11 is 0. The highest BCUT2D eigenvalue weighted by atomic mass is 16.5. The van der Waals surface area contributed by atoms with E-state index in [4.69, 9.17) is 4.74 Å². The van der Waals surface area contributed by atoms with Crippen LogP contribution in [-0.2, 0) is 4.74 Å². The lowest BCUT2D eigenvalue weighted by Crippen LogP contribution is -2.28. The number of carbonyl (C=O) groups is 1. The molecule has 2 saturated carbocycles. The summed E-state index contributed by atoms with van der Waals surface area (Å²) < 4.78 is 5.70. The van der Waals surface area contributed by atoms with Crippen molar-refractivity contribution in [3.8, 4) is 0 Å². The van der Waals surface area contributed by atoms with Crippen molar-refractivity contribution in [2.75, 3.05) is 0 Å². The molecule has 0 aliphatic heterocycles. The lowest BCUT2D eigenvalue weighted by Gasteiger charge is -2.26. The highest BCUT2D eigenvalue weighted by molar-refractivity contribution is 5.89. The number of carbonyl (C=O) groups excluding carboxylic acids is 1. The summed E-state index contributed by atoms with van der Waals surface area (Å²) in [5.41, 5.74) is 0.587. The molecule has 1 N–H and O–H groups in total. The summed E-state index contributed by atoms with van der Waals surface area (Å²) in [6.45, 7) is 0. The number of aliphatic hydroxyl groups excluding tert-OH is 1. The second-order valence-corrected chi connectivity index (χ2v) is 6.22. The van der Waals surface area contributed by atoms with Crippen molar-refractivity contribution >= 4 is 5.97 Å². The molecule has 4 rings (SSSR count). The molecule has 3 aliphatic carbocycles. The van der Waals surface area contributed by atoms with Crippen LogP contribution in [0.5, 0.6) is 0 Å². The zero-order chi connectivity index (χ0) is 13.7. The Labute approximate surface area is 118 Å². The van der Waals surface area contributed by atoms with Gasteiger partial charge in [-0.25, -0.2) is 4.79 Å². The van der Waals surface area contributed by atoms with Crippen molar-refractivity contribution in [3.63, 3.8) is 0 Å². The predicted molar refractivity (Wildman–Crippen MR) is 74.0 cm³/mol. The number of esters is 1. The van der Waals surface area contributed by atoms with Crippen molar-refractivity contribution in [1.29, 1.82) is 0 Å². The van der Waals surface area contributed by atoms with Gasteiger partial charge >= 0.3 is 5.97 Å². The lowest BCUT2D eigenvalue weighted by atomic mass is 9.84. The van der Waals surface area contributed by atoms with Crippen molar-refractivity contribution < 1.29 is 14.6 Å². The van der Waals surface area contributed by atoms with Crippen molar-refractivity contribution in [1.82, 2.24) is 0 Å². The fourth-order valence-electron chi connectivity index (χ4n) is 4.42. The van der Waals surface area contributed by atoms with Gasteiger partial charge in [0.25, 0.3) is 0 Å². The van der Waals surface area contributed by atoms with E-state index >= 15 is 0 Å². The Morgan fingerprint density at radius 2 is 1.75 bits per heavy atom. The standard InChI is InChI=1S/C17H18O3/c18-13-9-14(16-12-7-6-11(8-12)15(13)16)20-17(19)10-4-2-1-3-5-10/h1-7,11-16,18H,8-9H2/t11-,12+,13+,14+,15+,16-/m0/s1. The zero-order valence-electron chi connectivity index (χ0n) is 11.2. The van der Waals surface area contributed by atoms with Gasteiger partial charge in [-0.1, -0.05) is 30.4 Å². The molecule has 0 unspecified atom stereocenters. The predicted octanol–water partition coefficient (Wildman–Crippen LogP) is 2.41. The first-order valence-electron chi connectivity index (χ1n) is 7.36. The second kappa shape index (κ2) is 4.45. The molecule has 0 aromatic heterocycles. The summed E-state index contributed by atoms with van der Waals surface area (Å²) in [4.78, 5) is 12.2. The molecule has 20 heavy (non-hydrogen) atoms. The number of rotatable bonds is 2. The Hall–Kier alpha value is -1.61. The third kappa shape index (κ3) is 1.73. The largest absolute Gasteiger partial charge is 0.458 e. The third-order valence-electron chi connectivity index (χ3n) is 5.20. The van der Waals surface area contributed by atoms with Crippen LogP contribution in [0.3, 0.4) is 0 Å². The Morgan fingerprint density at radius 3 is 2.50 bits per heavy atom. The van der Waals surface area contributed by atoms with Gasteiger partial charge in [0.05, 0.1) is 11.7 Å². The maximum absolute atomic E-state index is 12.2. The Morgan fingerprint density at radius 1 is 1.05 bits per heavy atom. The third-order valence-corrected chi connectivity index (χ3v) is 5.20. The van der Waals surface area contributed by atoms with Gasteiger partial charge in [0.15, 0.2) is 0 Å². The van der Waals surface area contributed by atoms with Gasteiger partial charge in [0, 0.05) is 12.3 Å². The molecule has 6 atom stereocenters. The van der Waals surface area contributed by atoms with Gasteiger partial charge in [0.1, 0.15) is 6.10 Å². The molecule has 0 spiro atoms. The van der Waals surface area contributed by atoms with Crippen molar-refractivity contribution in [2.45, 2.75) is 25.0 Å². The fraction of sp³-hybridized carbons (Fsp3) is 0.471. The minimum atomic E-state index is -0.325. The van der Waals surface area contributed by atoms with Crippen LogP contribution in [0, 0.1) is 23.7 Å². The van der Waals surface area contributed by atoms with Crippen LogP contribution < -0.4 is 0 Å². The molecular weight excluding hydrogens is 252 g/mol. The van der Waals surface area contributed by atoms with Crippen molar-refractivity contribution in [2.24, 2.45) is 23.7 Å². The summed E-state index contributed by atoms with van der Waals surface area (Å²) in [5.74, 6) is 1.30. The second-order valence-electron chi connectivity index (χ2n) is 6.22. The van der Waals surface area contributed by atoms with Gasteiger partial charge in [-0.15, -0.1) is 0 Å². The van der Waals surface area contributed by atoms with Crippen LogP contribution in [0.1, 0.15) is 23.2 Å². The Bertz CT molecular complexity index is 551. The van der Waals surface area contributed by atoms with Crippen LogP contribution >= 0.6 is 0 Å². The smallest absolute Gasteiger partial charge is 0.338 e. The van der Waals surface area contributed by atoms with E-state index in [0.29, 0.717) is 35.7 Å². The first kappa shape index (κ1) is 12.2. The van der Waals surface area contributed by atoms with E-state index in [1.807, 2.05) is 18.2 Å². The minimum absolute atomic E-state index is 0.136. The molecule has 0 heterocycles. The van der Waals surface area contributed by atoms with E-state index in [-0.39, 0.29) is 18.2 Å². The lowest BCUT2D eigenvalue weighted by molar-refractivity contribution is 0.0146. The van der Waals surface area contributed by atoms with Crippen LogP contribution in [0.2, 0.25) is 0 Å². The summed E-state index contributed by atoms with van der Waals surface area (Å²) in [7, 11) is 0. The first-order valence-corrected chi connectivity index (χ1v) is 7.36. The summed E-state index contributed by atoms with van der Waals surface area (Å²) in [6, 6.07) is 9.09. The van der Waals surface area contributed by atoms with Crippen LogP contribution in [0.25, 0.3) is 0 Å². The molecule has 3 heteroatoms. The van der Waals surface area contributed by atoms with E-state index in [9.17, 15) is 9.90 Å². The highest BCUT2D eigenvalue weighted by Gasteiger charge is 2.56. The molecular formula is C17H18O3. The van der Waals surface area contributed by atoms with E-state index < -0.39 is 0 Å².